The molecular weight excluding hydrogens is 473 g/mol. The molecule has 1 fully saturated rings. The predicted octanol–water partition coefficient (Wildman–Crippen LogP) is 2.69. The van der Waals surface area contributed by atoms with Crippen molar-refractivity contribution in [2.45, 2.75) is 38.0 Å². The van der Waals surface area contributed by atoms with Gasteiger partial charge in [-0.2, -0.15) is 0 Å². The molecule has 0 spiro atoms. The Morgan fingerprint density at radius 1 is 1.26 bits per heavy atom. The van der Waals surface area contributed by atoms with E-state index < -0.39 is 25.9 Å². The van der Waals surface area contributed by atoms with Crippen molar-refractivity contribution in [3.63, 3.8) is 0 Å². The van der Waals surface area contributed by atoms with E-state index in [1.807, 2.05) is 0 Å². The highest BCUT2D eigenvalue weighted by atomic mass is 32.2. The number of rotatable bonds is 5. The van der Waals surface area contributed by atoms with Crippen LogP contribution in [0.4, 0.5) is 16.0 Å². The van der Waals surface area contributed by atoms with Gasteiger partial charge in [-0.05, 0) is 39.8 Å². The molecule has 0 radical (unpaired) electrons. The average Bonchev–Trinajstić information content (AvgIpc) is 2.79. The lowest BCUT2D eigenvalue weighted by Gasteiger charge is -2.43. The van der Waals surface area contributed by atoms with Crippen LogP contribution in [0.15, 0.2) is 30.7 Å². The molecule has 0 amide bonds. The normalized spacial score (nSPS) is 20.4. The van der Waals surface area contributed by atoms with Crippen LogP contribution in [-0.2, 0) is 15.4 Å². The fraction of sp³-hybridized carbons (Fsp3) is 0.348. The second kappa shape index (κ2) is 8.74. The van der Waals surface area contributed by atoms with Crippen molar-refractivity contribution in [2.75, 3.05) is 17.7 Å². The van der Waals surface area contributed by atoms with E-state index in [1.54, 1.807) is 19.9 Å². The van der Waals surface area contributed by atoms with Gasteiger partial charge in [-0.25, -0.2) is 32.7 Å². The molecule has 1 aliphatic rings. The average molecular weight is 498 g/mol. The second-order valence-corrected chi connectivity index (χ2v) is 11.3. The van der Waals surface area contributed by atoms with Gasteiger partial charge in [-0.1, -0.05) is 5.92 Å². The van der Waals surface area contributed by atoms with Crippen molar-refractivity contribution >= 4 is 38.3 Å². The minimum absolute atomic E-state index is 0.0536. The van der Waals surface area contributed by atoms with E-state index in [-0.39, 0.29) is 29.6 Å². The molecule has 12 heteroatoms. The zero-order valence-electron chi connectivity index (χ0n) is 19.6. The molecule has 1 atom stereocenters. The standard InChI is InChI=1S/C23H24FN7O3S/c1-5-6-9-34-18-12-28-19-16(29-18)7-8-26-20(19)30-17-10-14(15(24)11-27-17)23(4)13-35(32,33)22(2,3)21(25)31-23/h7-8,10-12H,9,13H2,1-4H3,(H2,25,31)(H,26,27,30)/t23-/m0/s1. The molecule has 10 nitrogen and oxygen atoms in total. The third-order valence-corrected chi connectivity index (χ3v) is 8.58. The molecule has 0 aliphatic carbocycles. The van der Waals surface area contributed by atoms with Gasteiger partial charge in [0, 0.05) is 11.8 Å². The van der Waals surface area contributed by atoms with Gasteiger partial charge in [0.25, 0.3) is 0 Å². The predicted molar refractivity (Wildman–Crippen MR) is 130 cm³/mol. The number of ether oxygens (including phenoxy) is 1. The van der Waals surface area contributed by atoms with Gasteiger partial charge >= 0.3 is 0 Å². The Morgan fingerprint density at radius 3 is 2.74 bits per heavy atom. The number of halogens is 1. The lowest BCUT2D eigenvalue weighted by molar-refractivity contribution is 0.355. The Labute approximate surface area is 202 Å². The molecule has 4 heterocycles. The number of nitrogens with zero attached hydrogens (tertiary/aromatic N) is 4. The highest BCUT2D eigenvalue weighted by molar-refractivity contribution is 7.93. The van der Waals surface area contributed by atoms with Crippen LogP contribution < -0.4 is 15.4 Å². The zero-order valence-corrected chi connectivity index (χ0v) is 20.4. The fourth-order valence-corrected chi connectivity index (χ4v) is 5.36. The summed E-state index contributed by atoms with van der Waals surface area (Å²) >= 11 is 0. The molecule has 0 bridgehead atoms. The summed E-state index contributed by atoms with van der Waals surface area (Å²) in [6, 6.07) is 3.07. The van der Waals surface area contributed by atoms with Gasteiger partial charge in [0.15, 0.2) is 22.3 Å². The van der Waals surface area contributed by atoms with Crippen LogP contribution in [0.2, 0.25) is 0 Å². The molecule has 0 aromatic carbocycles. The summed E-state index contributed by atoms with van der Waals surface area (Å²) in [6.07, 6.45) is 3.97. The first kappa shape index (κ1) is 24.3. The van der Waals surface area contributed by atoms with Gasteiger partial charge in [0.05, 0.1) is 29.2 Å². The van der Waals surface area contributed by atoms with Crippen LogP contribution >= 0.6 is 0 Å². The Bertz CT molecular complexity index is 1500. The van der Waals surface area contributed by atoms with E-state index >= 15 is 0 Å². The Balaban J connectivity index is 1.67. The summed E-state index contributed by atoms with van der Waals surface area (Å²) in [5, 5.41) is 14.1. The molecule has 3 aromatic rings. The molecular formula is C23H24FN7O3S. The van der Waals surface area contributed by atoms with Crippen LogP contribution in [-0.4, -0.2) is 51.3 Å². The summed E-state index contributed by atoms with van der Waals surface area (Å²) < 4.78 is 44.7. The zero-order chi connectivity index (χ0) is 25.4. The summed E-state index contributed by atoms with van der Waals surface area (Å²) in [5.41, 5.74) is -0.372. The molecule has 0 saturated carbocycles. The fourth-order valence-electron chi connectivity index (χ4n) is 3.65. The van der Waals surface area contributed by atoms with Gasteiger partial charge in [-0.3, -0.25) is 5.41 Å². The topological polar surface area (TPSA) is 143 Å². The summed E-state index contributed by atoms with van der Waals surface area (Å²) in [7, 11) is -3.74. The van der Waals surface area contributed by atoms with Crippen molar-refractivity contribution in [1.82, 2.24) is 25.3 Å². The van der Waals surface area contributed by atoms with Crippen LogP contribution in [0.25, 0.3) is 11.0 Å². The quantitative estimate of drug-likeness (QED) is 0.453. The molecule has 3 N–H and O–H groups in total. The SMILES string of the molecule is CC#CCOc1cnc2c(Nc3cc([C@]4(C)CS(=O)(=O)C(C)(C)C(=N)N4)c(F)cn3)nccc2n1. The van der Waals surface area contributed by atoms with E-state index in [0.29, 0.717) is 22.7 Å². The number of hydrogen-bond donors (Lipinski definition) is 3. The van der Waals surface area contributed by atoms with Gasteiger partial charge in [0.1, 0.15) is 27.7 Å². The number of fused-ring (bicyclic) bond motifs is 1. The lowest BCUT2D eigenvalue weighted by Crippen LogP contribution is -2.64. The summed E-state index contributed by atoms with van der Waals surface area (Å²) in [6.45, 7) is 6.35. The van der Waals surface area contributed by atoms with E-state index in [9.17, 15) is 12.8 Å². The Kier molecular flexibility index (Phi) is 6.06. The molecule has 1 saturated heterocycles. The highest BCUT2D eigenvalue weighted by Gasteiger charge is 2.51. The van der Waals surface area contributed by atoms with Crippen LogP contribution in [0.5, 0.6) is 5.88 Å². The Morgan fingerprint density at radius 2 is 2.03 bits per heavy atom. The van der Waals surface area contributed by atoms with Crippen molar-refractivity contribution in [2.24, 2.45) is 0 Å². The molecule has 0 unspecified atom stereocenters. The first-order chi connectivity index (χ1) is 16.5. The number of aromatic nitrogens is 4. The molecule has 1 aliphatic heterocycles. The monoisotopic (exact) mass is 497 g/mol. The minimum Gasteiger partial charge on any atom is -0.463 e. The Hall–Kier alpha value is -3.85. The van der Waals surface area contributed by atoms with Crippen LogP contribution in [0.3, 0.4) is 0 Å². The number of anilines is 2. The largest absolute Gasteiger partial charge is 0.463 e. The van der Waals surface area contributed by atoms with E-state index in [4.69, 9.17) is 10.1 Å². The van der Waals surface area contributed by atoms with Gasteiger partial charge in [0.2, 0.25) is 5.88 Å². The first-order valence-electron chi connectivity index (χ1n) is 10.6. The lowest BCUT2D eigenvalue weighted by atomic mass is 9.92. The summed E-state index contributed by atoms with van der Waals surface area (Å²) in [5.74, 6) is 5.07. The number of pyridine rings is 2. The van der Waals surface area contributed by atoms with Crippen LogP contribution in [0, 0.1) is 23.1 Å². The van der Waals surface area contributed by atoms with Crippen molar-refractivity contribution < 1.29 is 17.5 Å². The molecule has 4 rings (SSSR count). The molecule has 182 valence electrons. The smallest absolute Gasteiger partial charge is 0.233 e. The number of nitrogens with one attached hydrogen (secondary N) is 3. The van der Waals surface area contributed by atoms with Crippen molar-refractivity contribution in [3.05, 3.63) is 42.1 Å². The third kappa shape index (κ3) is 4.46. The maximum Gasteiger partial charge on any atom is 0.233 e. The molecule has 35 heavy (non-hydrogen) atoms. The van der Waals surface area contributed by atoms with Gasteiger partial charge in [-0.15, -0.1) is 5.92 Å². The second-order valence-electron chi connectivity index (χ2n) is 8.73. The van der Waals surface area contributed by atoms with Crippen molar-refractivity contribution in [3.8, 4) is 17.7 Å². The van der Waals surface area contributed by atoms with Crippen molar-refractivity contribution in [1.29, 1.82) is 5.41 Å². The number of amidine groups is 1. The van der Waals surface area contributed by atoms with E-state index in [0.717, 1.165) is 6.20 Å². The van der Waals surface area contributed by atoms with Crippen LogP contribution in [0.1, 0.15) is 33.3 Å². The van der Waals surface area contributed by atoms with Gasteiger partial charge < -0.3 is 15.4 Å². The third-order valence-electron chi connectivity index (χ3n) is 5.86. The minimum atomic E-state index is -3.74. The maximum atomic E-state index is 14.9. The molecule has 3 aromatic heterocycles. The highest BCUT2D eigenvalue weighted by Crippen LogP contribution is 2.36. The van der Waals surface area contributed by atoms with E-state index in [1.165, 1.54) is 32.3 Å². The number of hydrogen-bond acceptors (Lipinski definition) is 9. The summed E-state index contributed by atoms with van der Waals surface area (Å²) in [4.78, 5) is 17.1. The number of sulfone groups is 1. The van der Waals surface area contributed by atoms with E-state index in [2.05, 4.69) is 42.4 Å². The first-order valence-corrected chi connectivity index (χ1v) is 12.3. The maximum absolute atomic E-state index is 14.9.